The number of fused-ring (bicyclic) bond motifs is 1. The summed E-state index contributed by atoms with van der Waals surface area (Å²) < 4.78 is 0. The third-order valence-corrected chi connectivity index (χ3v) is 7.94. The normalized spacial score (nSPS) is 25.3. The Bertz CT molecular complexity index is 1100. The van der Waals surface area contributed by atoms with Gasteiger partial charge in [-0.1, -0.05) is 11.2 Å². The maximum atomic E-state index is 12.8. The van der Waals surface area contributed by atoms with Crippen molar-refractivity contribution in [2.75, 3.05) is 25.1 Å². The number of carbonyl (C=O) groups excluding carboxylic acids is 2. The number of carbonyl (C=O) groups is 3. The third-order valence-electron chi connectivity index (χ3n) is 4.98. The molecule has 168 valence electrons. The Kier molecular flexibility index (Phi) is 6.17. The zero-order valence-electron chi connectivity index (χ0n) is 16.6. The second-order valence-corrected chi connectivity index (χ2v) is 9.90. The predicted molar refractivity (Wildman–Crippen MR) is 121 cm³/mol. The van der Waals surface area contributed by atoms with Gasteiger partial charge in [0.05, 0.1) is 0 Å². The molecule has 2 unspecified atom stereocenters. The lowest BCUT2D eigenvalue weighted by atomic mass is 9.86. The lowest BCUT2D eigenvalue weighted by molar-refractivity contribution is -0.155. The van der Waals surface area contributed by atoms with Gasteiger partial charge in [-0.25, -0.2) is 9.97 Å². The number of hydrogen-bond acceptors (Lipinski definition) is 11. The number of amides is 2. The van der Waals surface area contributed by atoms with Crippen molar-refractivity contribution in [2.45, 2.75) is 11.4 Å². The molecule has 2 saturated heterocycles. The van der Waals surface area contributed by atoms with E-state index in [1.807, 2.05) is 0 Å². The number of anilines is 1. The van der Waals surface area contributed by atoms with Crippen molar-refractivity contribution >= 4 is 69.1 Å². The van der Waals surface area contributed by atoms with E-state index >= 15 is 0 Å². The first kappa shape index (κ1) is 22.2. The monoisotopic (exact) mass is 494 g/mol. The van der Waals surface area contributed by atoms with Crippen LogP contribution in [0.25, 0.3) is 6.08 Å². The number of nitrogens with two attached hydrogens (primary N) is 1. The fraction of sp³-hybridized carbons (Fsp3) is 0.333. The van der Waals surface area contributed by atoms with Gasteiger partial charge < -0.3 is 25.9 Å². The molecule has 0 aromatic carbocycles. The van der Waals surface area contributed by atoms with Crippen LogP contribution in [-0.4, -0.2) is 74.3 Å². The number of hydrogen-bond donors (Lipinski definition) is 3. The van der Waals surface area contributed by atoms with Gasteiger partial charge in [0.1, 0.15) is 34.6 Å². The van der Waals surface area contributed by atoms with E-state index in [1.54, 1.807) is 29.1 Å². The van der Waals surface area contributed by atoms with Crippen molar-refractivity contribution in [3.63, 3.8) is 0 Å². The second kappa shape index (κ2) is 8.88. The van der Waals surface area contributed by atoms with Crippen LogP contribution in [0.15, 0.2) is 28.2 Å². The molecule has 3 atom stereocenters. The Hall–Kier alpha value is -2.97. The summed E-state index contributed by atoms with van der Waals surface area (Å²) in [5, 5.41) is 20.2. The molecule has 32 heavy (non-hydrogen) atoms. The number of carboxylic acids is 1. The van der Waals surface area contributed by atoms with Crippen LogP contribution in [0.4, 0.5) is 5.13 Å². The molecule has 2 aromatic rings. The molecule has 0 radical (unpaired) electrons. The van der Waals surface area contributed by atoms with Gasteiger partial charge in [0.15, 0.2) is 10.8 Å². The van der Waals surface area contributed by atoms with Crippen molar-refractivity contribution in [1.82, 2.24) is 20.2 Å². The first-order valence-corrected chi connectivity index (χ1v) is 12.0. The highest BCUT2D eigenvalue weighted by Gasteiger charge is 2.56. The van der Waals surface area contributed by atoms with Gasteiger partial charge >= 0.3 is 5.97 Å². The van der Waals surface area contributed by atoms with Crippen LogP contribution in [0.1, 0.15) is 10.7 Å². The molecule has 4 rings (SSSR count). The van der Waals surface area contributed by atoms with Crippen molar-refractivity contribution in [3.8, 4) is 0 Å². The molecule has 0 saturated carbocycles. The fourth-order valence-corrected chi connectivity index (χ4v) is 5.94. The summed E-state index contributed by atoms with van der Waals surface area (Å²) in [6.07, 6.45) is 4.89. The molecule has 0 bridgehead atoms. The predicted octanol–water partition coefficient (Wildman–Crippen LogP) is 0.717. The van der Waals surface area contributed by atoms with Crippen LogP contribution < -0.4 is 11.1 Å². The summed E-state index contributed by atoms with van der Waals surface area (Å²) in [5.74, 6) is -1.77. The number of thiazole rings is 2. The number of thioether (sulfide) groups is 1. The van der Waals surface area contributed by atoms with Gasteiger partial charge in [0, 0.05) is 29.3 Å². The van der Waals surface area contributed by atoms with Crippen molar-refractivity contribution in [1.29, 1.82) is 0 Å². The molecule has 2 fully saturated rings. The van der Waals surface area contributed by atoms with Gasteiger partial charge in [0.25, 0.3) is 5.91 Å². The molecule has 2 aliphatic rings. The fourth-order valence-electron chi connectivity index (χ4n) is 3.35. The van der Waals surface area contributed by atoms with Gasteiger partial charge in [-0.05, 0) is 6.08 Å². The van der Waals surface area contributed by atoms with Crippen LogP contribution in [0.2, 0.25) is 0 Å². The highest BCUT2D eigenvalue weighted by Crippen LogP contribution is 2.43. The summed E-state index contributed by atoms with van der Waals surface area (Å²) >= 11 is 3.84. The zero-order valence-corrected chi connectivity index (χ0v) is 19.1. The maximum Gasteiger partial charge on any atom is 0.316 e. The highest BCUT2D eigenvalue weighted by atomic mass is 32.2. The van der Waals surface area contributed by atoms with E-state index in [0.29, 0.717) is 5.01 Å². The van der Waals surface area contributed by atoms with Gasteiger partial charge in [0.2, 0.25) is 5.91 Å². The molecule has 4 heterocycles. The second-order valence-electron chi connectivity index (χ2n) is 6.98. The number of β-lactam (4-membered cyclic amide) rings is 1. The van der Waals surface area contributed by atoms with Crippen LogP contribution in [-0.2, 0) is 19.2 Å². The van der Waals surface area contributed by atoms with E-state index in [-0.39, 0.29) is 40.1 Å². The van der Waals surface area contributed by atoms with E-state index in [4.69, 9.17) is 10.6 Å². The molecule has 2 aromatic heterocycles. The molecule has 14 heteroatoms. The Morgan fingerprint density at radius 1 is 1.47 bits per heavy atom. The maximum absolute atomic E-state index is 12.8. The summed E-state index contributed by atoms with van der Waals surface area (Å²) in [6.45, 7) is 0.00865. The van der Waals surface area contributed by atoms with Crippen molar-refractivity contribution in [2.24, 2.45) is 10.6 Å². The van der Waals surface area contributed by atoms with Gasteiger partial charge in [-0.3, -0.25) is 14.4 Å². The van der Waals surface area contributed by atoms with Gasteiger partial charge in [-0.15, -0.1) is 34.4 Å². The number of nitrogen functional groups attached to an aromatic ring is 1. The number of oxime groups is 1. The van der Waals surface area contributed by atoms with E-state index in [9.17, 15) is 19.5 Å². The first-order valence-electron chi connectivity index (χ1n) is 9.22. The minimum absolute atomic E-state index is 0.00865. The molecule has 11 nitrogen and oxygen atoms in total. The van der Waals surface area contributed by atoms with Crippen LogP contribution in [0.5, 0.6) is 0 Å². The smallest absolute Gasteiger partial charge is 0.316 e. The van der Waals surface area contributed by atoms with Crippen molar-refractivity contribution < 1.29 is 24.3 Å². The molecule has 0 aliphatic carbocycles. The standard InChI is InChI=1S/C18H18N6O5S3/c1-29-23-11(9-6-31-17(19)21-9)13(25)22-12-14(26)24-7-18(16(27)28,8-32-15(12)24)3-2-10-20-4-5-30-10/h2-6,12,15H,7-8H2,1H3,(H2,19,21)(H,22,25)(H,27,28)/t12?,15-,18?/m1/s1. The van der Waals surface area contributed by atoms with E-state index < -0.39 is 23.3 Å². The SMILES string of the molecule is CON=C(C(=O)NC1C(=O)N2CC(C=Cc3nccs3)(C(=O)O)CS[C@H]12)c1csc(N)n1. The highest BCUT2D eigenvalue weighted by molar-refractivity contribution is 8.00. The summed E-state index contributed by atoms with van der Waals surface area (Å²) in [5.41, 5.74) is 4.53. The zero-order chi connectivity index (χ0) is 22.9. The Morgan fingerprint density at radius 2 is 2.28 bits per heavy atom. The van der Waals surface area contributed by atoms with Crippen molar-refractivity contribution in [3.05, 3.63) is 33.7 Å². The third kappa shape index (κ3) is 4.08. The molecule has 0 spiro atoms. The first-order chi connectivity index (χ1) is 15.3. The molecular weight excluding hydrogens is 476 g/mol. The van der Waals surface area contributed by atoms with Crippen LogP contribution in [0.3, 0.4) is 0 Å². The van der Waals surface area contributed by atoms with E-state index in [2.05, 4.69) is 20.4 Å². The number of nitrogens with zero attached hydrogens (tertiary/aromatic N) is 4. The molecule has 2 aliphatic heterocycles. The lowest BCUT2D eigenvalue weighted by Crippen LogP contribution is -2.73. The largest absolute Gasteiger partial charge is 0.481 e. The van der Waals surface area contributed by atoms with E-state index in [0.717, 1.165) is 11.3 Å². The quantitative estimate of drug-likeness (QED) is 0.286. The number of aromatic nitrogens is 2. The minimum Gasteiger partial charge on any atom is -0.481 e. The average molecular weight is 495 g/mol. The molecule has 2 amide bonds. The van der Waals surface area contributed by atoms with Crippen LogP contribution >= 0.6 is 34.4 Å². The lowest BCUT2D eigenvalue weighted by Gasteiger charge is -2.53. The topological polar surface area (TPSA) is 160 Å². The molecular formula is C18H18N6O5S3. The van der Waals surface area contributed by atoms with Crippen LogP contribution in [0, 0.1) is 5.41 Å². The number of carboxylic acid groups (broad SMARTS) is 1. The Balaban J connectivity index is 1.46. The minimum atomic E-state index is -1.24. The number of aliphatic carboxylic acids is 1. The molecule has 4 N–H and O–H groups in total. The average Bonchev–Trinajstić information content (AvgIpc) is 3.45. The Labute approximate surface area is 194 Å². The van der Waals surface area contributed by atoms with E-state index in [1.165, 1.54) is 35.1 Å². The summed E-state index contributed by atoms with van der Waals surface area (Å²) in [7, 11) is 1.29. The summed E-state index contributed by atoms with van der Waals surface area (Å²) in [6, 6.07) is -0.805. The van der Waals surface area contributed by atoms with Gasteiger partial charge in [-0.2, -0.15) is 0 Å². The number of nitrogens with one attached hydrogen (secondary N) is 1. The number of rotatable bonds is 7. The Morgan fingerprint density at radius 3 is 2.91 bits per heavy atom. The summed E-state index contributed by atoms with van der Waals surface area (Å²) in [4.78, 5) is 51.9.